The molecule has 5 amide bonds. The lowest BCUT2D eigenvalue weighted by molar-refractivity contribution is -0.144. The van der Waals surface area contributed by atoms with E-state index >= 15 is 0 Å². The second-order valence-electron chi connectivity index (χ2n) is 10.6. The minimum atomic E-state index is -1.75. The number of rotatable bonds is 26. The number of aliphatic carboxylic acids is 6. The Morgan fingerprint density at radius 1 is 0.420 bits per heavy atom. The first kappa shape index (κ1) is 44.1. The lowest BCUT2D eigenvalue weighted by Gasteiger charge is -2.24. The van der Waals surface area contributed by atoms with Gasteiger partial charge in [-0.2, -0.15) is 0 Å². The quantitative estimate of drug-likeness (QED) is 0.0403. The first-order valence-electron chi connectivity index (χ1n) is 14.8. The number of amides is 5. The summed E-state index contributed by atoms with van der Waals surface area (Å²) >= 11 is 0. The average molecular weight is 721 g/mol. The van der Waals surface area contributed by atoms with E-state index in [-0.39, 0.29) is 6.42 Å². The first-order chi connectivity index (χ1) is 23.2. The summed E-state index contributed by atoms with van der Waals surface area (Å²) in [7, 11) is 0. The number of hydrogen-bond donors (Lipinski definition) is 12. The molecule has 0 spiro atoms. The molecule has 0 unspecified atom stereocenters. The maximum Gasteiger partial charge on any atom is 0.326 e. The summed E-state index contributed by atoms with van der Waals surface area (Å²) in [5, 5.41) is 64.4. The van der Waals surface area contributed by atoms with Crippen LogP contribution in [0.2, 0.25) is 0 Å². The molecule has 0 bridgehead atoms. The summed E-state index contributed by atoms with van der Waals surface area (Å²) in [6.07, 6.45) is -5.83. The van der Waals surface area contributed by atoms with Gasteiger partial charge in [-0.1, -0.05) is 0 Å². The molecule has 23 nitrogen and oxygen atoms in total. The molecule has 50 heavy (non-hydrogen) atoms. The largest absolute Gasteiger partial charge is 0.481 e. The summed E-state index contributed by atoms with van der Waals surface area (Å²) in [5.41, 5.74) is 5.60. The zero-order valence-corrected chi connectivity index (χ0v) is 26.4. The number of nitrogens with two attached hydrogens (primary N) is 1. The van der Waals surface area contributed by atoms with E-state index in [1.807, 2.05) is 5.32 Å². The predicted octanol–water partition coefficient (Wildman–Crippen LogP) is -4.22. The van der Waals surface area contributed by atoms with Crippen LogP contribution >= 0.6 is 0 Å². The second kappa shape index (κ2) is 22.7. The van der Waals surface area contributed by atoms with Crippen LogP contribution in [0, 0.1) is 0 Å². The molecule has 0 heterocycles. The highest BCUT2D eigenvalue weighted by Gasteiger charge is 2.31. The Hall–Kier alpha value is -5.87. The monoisotopic (exact) mass is 720 g/mol. The molecular formula is C27H40N6O17. The minimum Gasteiger partial charge on any atom is -0.481 e. The molecule has 0 saturated heterocycles. The van der Waals surface area contributed by atoms with Crippen molar-refractivity contribution in [2.24, 2.45) is 5.73 Å². The number of hydrogen-bond acceptors (Lipinski definition) is 12. The Labute approximate surface area is 282 Å². The molecule has 0 radical (unpaired) electrons. The van der Waals surface area contributed by atoms with Crippen molar-refractivity contribution < 1.29 is 83.4 Å². The third kappa shape index (κ3) is 19.7. The van der Waals surface area contributed by atoms with Gasteiger partial charge < -0.3 is 63.0 Å². The SMILES string of the molecule is N[C@@H](CCC(=O)O)C(=O)N[C@@H](CCC(=O)O)C(=O)NCC(=O)N[C@@H](CCC(=O)O)C(=O)N[C@@H](CCC(=O)O)C(=O)N[C@@H](CCC(=O)O)C(=O)O. The third-order valence-corrected chi connectivity index (χ3v) is 6.55. The van der Waals surface area contributed by atoms with E-state index in [0.29, 0.717) is 0 Å². The predicted molar refractivity (Wildman–Crippen MR) is 161 cm³/mol. The number of carbonyl (C=O) groups excluding carboxylic acids is 5. The van der Waals surface area contributed by atoms with E-state index in [9.17, 15) is 57.8 Å². The van der Waals surface area contributed by atoms with Gasteiger partial charge in [0.2, 0.25) is 29.5 Å². The van der Waals surface area contributed by atoms with Gasteiger partial charge in [-0.3, -0.25) is 47.9 Å². The lowest BCUT2D eigenvalue weighted by Crippen LogP contribution is -2.57. The average Bonchev–Trinajstić information content (AvgIpc) is 3.01. The van der Waals surface area contributed by atoms with Crippen LogP contribution in [0.4, 0.5) is 0 Å². The molecule has 0 saturated carbocycles. The van der Waals surface area contributed by atoms with Gasteiger partial charge in [0.15, 0.2) is 0 Å². The summed E-state index contributed by atoms with van der Waals surface area (Å²) in [6, 6.07) is -8.18. The summed E-state index contributed by atoms with van der Waals surface area (Å²) in [5.74, 6) is -14.2. The molecule has 0 aromatic carbocycles. The number of carbonyl (C=O) groups is 11. The van der Waals surface area contributed by atoms with Gasteiger partial charge in [-0.15, -0.1) is 0 Å². The maximum absolute atomic E-state index is 13.1. The lowest BCUT2D eigenvalue weighted by atomic mass is 10.1. The molecule has 23 heteroatoms. The van der Waals surface area contributed by atoms with Crippen molar-refractivity contribution in [3.05, 3.63) is 0 Å². The Bertz CT molecular complexity index is 1310. The maximum atomic E-state index is 13.1. The molecule has 0 aliphatic carbocycles. The zero-order chi connectivity index (χ0) is 38.6. The molecule has 0 aromatic rings. The molecular weight excluding hydrogens is 680 g/mol. The molecule has 0 fully saturated rings. The standard InChI is InChI=1S/C27H40N6O17/c28-12(1-6-18(35)36)23(45)31-13(2-7-19(37)38)24(46)29-11-17(34)30-14(3-8-20(39)40)25(47)32-15(4-9-21(41)42)26(48)33-16(27(49)50)5-10-22(43)44/h12-16H,1-11,28H2,(H,29,46)(H,30,34)(H,31,45)(H,32,47)(H,33,48)(H,35,36)(H,37,38)(H,39,40)(H,41,42)(H,43,44)(H,49,50)/t12-,13-,14-,15-,16-/m0/s1. The fourth-order valence-corrected chi connectivity index (χ4v) is 3.90. The van der Waals surface area contributed by atoms with Crippen LogP contribution in [-0.4, -0.2) is 133 Å². The van der Waals surface area contributed by atoms with Crippen LogP contribution in [-0.2, 0) is 52.7 Å². The number of nitrogens with one attached hydrogen (secondary N) is 5. The highest BCUT2D eigenvalue weighted by atomic mass is 16.4. The van der Waals surface area contributed by atoms with E-state index in [0.717, 1.165) is 0 Å². The molecule has 0 aliphatic rings. The van der Waals surface area contributed by atoms with Crippen LogP contribution in [0.25, 0.3) is 0 Å². The van der Waals surface area contributed by atoms with Crippen molar-refractivity contribution in [1.29, 1.82) is 0 Å². The van der Waals surface area contributed by atoms with Crippen LogP contribution in [0.5, 0.6) is 0 Å². The molecule has 0 aliphatic heterocycles. The van der Waals surface area contributed by atoms with Crippen molar-refractivity contribution >= 4 is 65.4 Å². The van der Waals surface area contributed by atoms with E-state index in [1.54, 1.807) is 0 Å². The van der Waals surface area contributed by atoms with E-state index in [1.165, 1.54) is 0 Å². The van der Waals surface area contributed by atoms with Gasteiger partial charge in [0.05, 0.1) is 12.6 Å². The van der Waals surface area contributed by atoms with Crippen molar-refractivity contribution in [2.75, 3.05) is 6.54 Å². The molecule has 0 rings (SSSR count). The molecule has 0 aromatic heterocycles. The smallest absolute Gasteiger partial charge is 0.326 e. The van der Waals surface area contributed by atoms with E-state index in [4.69, 9.17) is 31.3 Å². The third-order valence-electron chi connectivity index (χ3n) is 6.55. The Morgan fingerprint density at radius 2 is 0.740 bits per heavy atom. The second-order valence-corrected chi connectivity index (χ2v) is 10.6. The van der Waals surface area contributed by atoms with Crippen LogP contribution in [0.15, 0.2) is 0 Å². The highest BCUT2D eigenvalue weighted by molar-refractivity contribution is 5.95. The van der Waals surface area contributed by atoms with E-state index < -0.39 is 160 Å². The van der Waals surface area contributed by atoms with Crippen LogP contribution in [0.1, 0.15) is 64.2 Å². The van der Waals surface area contributed by atoms with Gasteiger partial charge in [-0.25, -0.2) is 4.79 Å². The Kier molecular flexibility index (Phi) is 20.0. The molecule has 13 N–H and O–H groups in total. The van der Waals surface area contributed by atoms with Gasteiger partial charge in [-0.05, 0) is 32.1 Å². The summed E-state index contributed by atoms with van der Waals surface area (Å²) in [6.45, 7) is -0.924. The fourth-order valence-electron chi connectivity index (χ4n) is 3.90. The van der Waals surface area contributed by atoms with Crippen LogP contribution in [0.3, 0.4) is 0 Å². The zero-order valence-electron chi connectivity index (χ0n) is 26.4. The van der Waals surface area contributed by atoms with Crippen molar-refractivity contribution in [3.8, 4) is 0 Å². The highest BCUT2D eigenvalue weighted by Crippen LogP contribution is 2.06. The molecule has 5 atom stereocenters. The Balaban J connectivity index is 5.78. The van der Waals surface area contributed by atoms with Crippen molar-refractivity contribution in [1.82, 2.24) is 26.6 Å². The Morgan fingerprint density at radius 3 is 1.14 bits per heavy atom. The summed E-state index contributed by atoms with van der Waals surface area (Å²) in [4.78, 5) is 130. The van der Waals surface area contributed by atoms with Gasteiger partial charge in [0.1, 0.15) is 24.2 Å². The molecule has 280 valence electrons. The van der Waals surface area contributed by atoms with Crippen molar-refractivity contribution in [2.45, 2.75) is 94.4 Å². The van der Waals surface area contributed by atoms with Gasteiger partial charge in [0.25, 0.3) is 0 Å². The van der Waals surface area contributed by atoms with Crippen LogP contribution < -0.4 is 32.3 Å². The number of carboxylic acids is 6. The topological polar surface area (TPSA) is 395 Å². The first-order valence-corrected chi connectivity index (χ1v) is 14.8. The minimum absolute atomic E-state index is 0.319. The van der Waals surface area contributed by atoms with Gasteiger partial charge >= 0.3 is 35.8 Å². The van der Waals surface area contributed by atoms with E-state index in [2.05, 4.69) is 21.3 Å². The normalized spacial score (nSPS) is 13.5. The summed E-state index contributed by atoms with van der Waals surface area (Å²) < 4.78 is 0. The fraction of sp³-hybridized carbons (Fsp3) is 0.593. The van der Waals surface area contributed by atoms with Crippen molar-refractivity contribution in [3.63, 3.8) is 0 Å². The van der Waals surface area contributed by atoms with Gasteiger partial charge in [0, 0.05) is 32.1 Å². The number of carboxylic acid groups (broad SMARTS) is 6.